The smallest absolute Gasteiger partial charge is 0.0535 e. The van der Waals surface area contributed by atoms with Gasteiger partial charge in [-0.3, -0.25) is 0 Å². The molecule has 1 aliphatic heterocycles. The maximum atomic E-state index is 2.63. The van der Waals surface area contributed by atoms with Crippen molar-refractivity contribution in [2.24, 2.45) is 0 Å². The summed E-state index contributed by atoms with van der Waals surface area (Å²) < 4.78 is 2.63. The summed E-state index contributed by atoms with van der Waals surface area (Å²) in [7, 11) is 2.27. The van der Waals surface area contributed by atoms with E-state index >= 15 is 0 Å². The summed E-state index contributed by atoms with van der Waals surface area (Å²) >= 11 is 2.01. The number of fused-ring (bicyclic) bond motifs is 5. The van der Waals surface area contributed by atoms with E-state index in [9.17, 15) is 0 Å². The Balaban J connectivity index is 1.47. The predicted octanol–water partition coefficient (Wildman–Crippen LogP) is 7.25. The van der Waals surface area contributed by atoms with Crippen molar-refractivity contribution in [1.82, 2.24) is 9.47 Å². The second-order valence-corrected chi connectivity index (χ2v) is 9.80. The van der Waals surface area contributed by atoms with E-state index in [2.05, 4.69) is 72.0 Å². The van der Waals surface area contributed by atoms with E-state index in [0.717, 1.165) is 13.0 Å². The molecule has 160 valence electrons. The molecule has 0 radical (unpaired) electrons. The molecule has 0 spiro atoms. The third-order valence-corrected chi connectivity index (χ3v) is 7.47. The number of rotatable bonds is 10. The van der Waals surface area contributed by atoms with Crippen molar-refractivity contribution in [2.75, 3.05) is 25.9 Å². The average Bonchev–Trinajstić information content (AvgIpc) is 2.95. The lowest BCUT2D eigenvalue weighted by atomic mass is 10.0. The van der Waals surface area contributed by atoms with E-state index in [1.165, 1.54) is 84.4 Å². The van der Waals surface area contributed by atoms with Crippen molar-refractivity contribution >= 4 is 22.7 Å². The van der Waals surface area contributed by atoms with E-state index in [-0.39, 0.29) is 0 Å². The number of unbranched alkanes of at least 4 members (excludes halogenated alkanes) is 4. The van der Waals surface area contributed by atoms with Gasteiger partial charge in [0.05, 0.1) is 5.69 Å². The Morgan fingerprint density at radius 3 is 2.57 bits per heavy atom. The fraction of sp³-hybridized carbons (Fsp3) is 0.481. The number of benzene rings is 2. The van der Waals surface area contributed by atoms with E-state index in [1.54, 1.807) is 5.56 Å². The van der Waals surface area contributed by atoms with Gasteiger partial charge in [0.25, 0.3) is 0 Å². The highest BCUT2D eigenvalue weighted by atomic mass is 32.2. The van der Waals surface area contributed by atoms with Crippen LogP contribution >= 0.6 is 11.8 Å². The molecule has 0 saturated carbocycles. The highest BCUT2D eigenvalue weighted by Gasteiger charge is 2.22. The molecular weight excluding hydrogens is 384 g/mol. The van der Waals surface area contributed by atoms with Crippen LogP contribution in [-0.4, -0.2) is 35.4 Å². The minimum Gasteiger partial charge on any atom is -0.340 e. The summed E-state index contributed by atoms with van der Waals surface area (Å²) in [5.74, 6) is 1.17. The summed E-state index contributed by atoms with van der Waals surface area (Å²) in [6, 6.07) is 18.1. The number of aromatic nitrogens is 1. The van der Waals surface area contributed by atoms with Gasteiger partial charge in [0.2, 0.25) is 0 Å². The molecule has 0 atom stereocenters. The first-order valence-corrected chi connectivity index (χ1v) is 12.8. The summed E-state index contributed by atoms with van der Waals surface area (Å²) in [4.78, 5) is 3.94. The molecule has 30 heavy (non-hydrogen) atoms. The minimum atomic E-state index is 1.13. The Morgan fingerprint density at radius 1 is 0.900 bits per heavy atom. The molecular formula is C27H36N2S. The van der Waals surface area contributed by atoms with Gasteiger partial charge in [-0.2, -0.15) is 0 Å². The Bertz CT molecular complexity index is 959. The third-order valence-electron chi connectivity index (χ3n) is 6.39. The van der Waals surface area contributed by atoms with Crippen LogP contribution in [-0.2, 0) is 13.0 Å². The normalized spacial score (nSPS) is 13.4. The van der Waals surface area contributed by atoms with Crippen LogP contribution in [0.25, 0.3) is 22.2 Å². The Labute approximate surface area is 186 Å². The zero-order valence-corrected chi connectivity index (χ0v) is 19.5. The van der Waals surface area contributed by atoms with Crippen LogP contribution in [0.5, 0.6) is 0 Å². The van der Waals surface area contributed by atoms with Crippen molar-refractivity contribution in [3.8, 4) is 11.3 Å². The lowest BCUT2D eigenvalue weighted by Gasteiger charge is -2.16. The van der Waals surface area contributed by atoms with Gasteiger partial charge in [0.1, 0.15) is 0 Å². The van der Waals surface area contributed by atoms with Crippen LogP contribution in [0.3, 0.4) is 0 Å². The second-order valence-electron chi connectivity index (χ2n) is 8.66. The van der Waals surface area contributed by atoms with Gasteiger partial charge in [0, 0.05) is 33.7 Å². The molecule has 2 aromatic carbocycles. The fourth-order valence-corrected chi connectivity index (χ4v) is 5.79. The van der Waals surface area contributed by atoms with Crippen LogP contribution in [0.1, 0.15) is 51.0 Å². The maximum absolute atomic E-state index is 2.63. The van der Waals surface area contributed by atoms with E-state index in [1.807, 2.05) is 11.8 Å². The van der Waals surface area contributed by atoms with Crippen LogP contribution in [0, 0.1) is 0 Å². The molecule has 3 aromatic rings. The quantitative estimate of drug-likeness (QED) is 0.319. The molecule has 2 heterocycles. The third kappa shape index (κ3) is 4.78. The van der Waals surface area contributed by atoms with Crippen molar-refractivity contribution in [3.05, 3.63) is 54.1 Å². The summed E-state index contributed by atoms with van der Waals surface area (Å²) in [5, 5.41) is 1.46. The van der Waals surface area contributed by atoms with E-state index < -0.39 is 0 Å². The zero-order valence-electron chi connectivity index (χ0n) is 18.7. The summed E-state index contributed by atoms with van der Waals surface area (Å²) in [6.07, 6.45) is 9.02. The number of aryl methyl sites for hydroxylation is 2. The second kappa shape index (κ2) is 10.5. The molecule has 0 saturated heterocycles. The molecule has 3 heteroatoms. The van der Waals surface area contributed by atoms with Crippen LogP contribution in [0.15, 0.2) is 53.4 Å². The molecule has 0 fully saturated rings. The first kappa shape index (κ1) is 21.5. The molecule has 1 aliphatic rings. The average molecular weight is 421 g/mol. The van der Waals surface area contributed by atoms with Gasteiger partial charge in [-0.25, -0.2) is 0 Å². The molecule has 0 bridgehead atoms. The first-order valence-electron chi connectivity index (χ1n) is 11.8. The predicted molar refractivity (Wildman–Crippen MR) is 133 cm³/mol. The largest absolute Gasteiger partial charge is 0.340 e. The van der Waals surface area contributed by atoms with Crippen LogP contribution in [0.2, 0.25) is 0 Å². The highest BCUT2D eigenvalue weighted by Crippen LogP contribution is 2.42. The van der Waals surface area contributed by atoms with Gasteiger partial charge in [-0.1, -0.05) is 62.6 Å². The highest BCUT2D eigenvalue weighted by molar-refractivity contribution is 7.99. The van der Waals surface area contributed by atoms with E-state index in [4.69, 9.17) is 0 Å². The standard InChI is InChI=1S/C27H36N2S/c1-3-4-18-28(2)19-11-5-6-12-20-29-25-15-9-7-13-22(25)23-17-21-30-26-16-10-8-14-24(26)27(23)29/h7-10,13-16H,3-6,11-12,17-21H2,1-2H3. The summed E-state index contributed by atoms with van der Waals surface area (Å²) in [5.41, 5.74) is 5.89. The number of hydrogen-bond acceptors (Lipinski definition) is 2. The number of thioether (sulfide) groups is 1. The first-order chi connectivity index (χ1) is 14.8. The van der Waals surface area contributed by atoms with E-state index in [0.29, 0.717) is 0 Å². The number of nitrogens with zero attached hydrogens (tertiary/aromatic N) is 2. The topological polar surface area (TPSA) is 8.17 Å². The Kier molecular flexibility index (Phi) is 7.57. The Hall–Kier alpha value is -1.71. The summed E-state index contributed by atoms with van der Waals surface area (Å²) in [6.45, 7) is 5.89. The van der Waals surface area contributed by atoms with Crippen molar-refractivity contribution in [2.45, 2.75) is 63.3 Å². The van der Waals surface area contributed by atoms with Gasteiger partial charge in [0.15, 0.2) is 0 Å². The molecule has 4 rings (SSSR count). The maximum Gasteiger partial charge on any atom is 0.0535 e. The van der Waals surface area contributed by atoms with Crippen LogP contribution in [0.4, 0.5) is 0 Å². The number of para-hydroxylation sites is 1. The molecule has 0 aliphatic carbocycles. The minimum absolute atomic E-state index is 1.13. The molecule has 2 nitrogen and oxygen atoms in total. The molecule has 0 amide bonds. The van der Waals surface area contributed by atoms with Crippen LogP contribution < -0.4 is 0 Å². The zero-order chi connectivity index (χ0) is 20.8. The monoisotopic (exact) mass is 420 g/mol. The number of hydrogen-bond donors (Lipinski definition) is 0. The molecule has 1 aromatic heterocycles. The van der Waals surface area contributed by atoms with Crippen molar-refractivity contribution in [1.29, 1.82) is 0 Å². The van der Waals surface area contributed by atoms with Gasteiger partial charge in [-0.05, 0) is 63.5 Å². The molecule has 0 unspecified atom stereocenters. The van der Waals surface area contributed by atoms with Crippen molar-refractivity contribution in [3.63, 3.8) is 0 Å². The Morgan fingerprint density at radius 2 is 1.67 bits per heavy atom. The van der Waals surface area contributed by atoms with Gasteiger partial charge >= 0.3 is 0 Å². The molecule has 0 N–H and O–H groups in total. The lowest BCUT2D eigenvalue weighted by Crippen LogP contribution is -2.20. The lowest BCUT2D eigenvalue weighted by molar-refractivity contribution is 0.318. The van der Waals surface area contributed by atoms with Gasteiger partial charge < -0.3 is 9.47 Å². The fourth-order valence-electron chi connectivity index (χ4n) is 4.76. The SMILES string of the molecule is CCCCN(C)CCCCCCn1c2c(c3ccccc31)CCSc1ccccc1-2. The van der Waals surface area contributed by atoms with Gasteiger partial charge in [-0.15, -0.1) is 11.8 Å². The van der Waals surface area contributed by atoms with Crippen molar-refractivity contribution < 1.29 is 0 Å².